The second kappa shape index (κ2) is 6.89. The first-order valence-electron chi connectivity index (χ1n) is 7.29. The highest BCUT2D eigenvalue weighted by Gasteiger charge is 2.26. The van der Waals surface area contributed by atoms with E-state index in [4.69, 9.17) is 11.6 Å². The number of rotatable bonds is 3. The summed E-state index contributed by atoms with van der Waals surface area (Å²) in [5, 5.41) is 11.0. The molecule has 5 nitrogen and oxygen atoms in total. The lowest BCUT2D eigenvalue weighted by Gasteiger charge is -2.29. The molecule has 114 valence electrons. The van der Waals surface area contributed by atoms with Gasteiger partial charge in [0, 0.05) is 24.2 Å². The van der Waals surface area contributed by atoms with Crippen LogP contribution in [0.1, 0.15) is 49.4 Å². The van der Waals surface area contributed by atoms with Gasteiger partial charge in [0.15, 0.2) is 0 Å². The van der Waals surface area contributed by atoms with Gasteiger partial charge in [-0.25, -0.2) is 0 Å². The molecule has 21 heavy (non-hydrogen) atoms. The summed E-state index contributed by atoms with van der Waals surface area (Å²) < 4.78 is 0. The summed E-state index contributed by atoms with van der Waals surface area (Å²) in [5.74, 6) is -0.136. The fourth-order valence-electron chi connectivity index (χ4n) is 2.82. The third-order valence-electron chi connectivity index (χ3n) is 4.00. The number of amides is 1. The molecule has 2 rings (SSSR count). The second-order valence-electron chi connectivity index (χ2n) is 5.33. The van der Waals surface area contributed by atoms with Crippen LogP contribution in [0.25, 0.3) is 0 Å². The van der Waals surface area contributed by atoms with Crippen LogP contribution in [0.4, 0.5) is 5.69 Å². The predicted molar refractivity (Wildman–Crippen MR) is 81.7 cm³/mol. The third kappa shape index (κ3) is 3.53. The van der Waals surface area contributed by atoms with Gasteiger partial charge in [-0.2, -0.15) is 0 Å². The Morgan fingerprint density at radius 3 is 2.86 bits per heavy atom. The minimum atomic E-state index is -0.557. The Kier molecular flexibility index (Phi) is 5.17. The molecule has 1 unspecified atom stereocenters. The first kappa shape index (κ1) is 15.8. The molecule has 0 radical (unpaired) electrons. The van der Waals surface area contributed by atoms with E-state index in [1.54, 1.807) is 6.07 Å². The molecule has 0 aliphatic carbocycles. The largest absolute Gasteiger partial charge is 0.336 e. The molecule has 0 spiro atoms. The number of likely N-dealkylation sites (tertiary alicyclic amines) is 1. The third-order valence-corrected chi connectivity index (χ3v) is 4.32. The van der Waals surface area contributed by atoms with Gasteiger partial charge in [-0.15, -0.1) is 0 Å². The molecule has 1 aliphatic rings. The zero-order valence-electron chi connectivity index (χ0n) is 12.0. The van der Waals surface area contributed by atoms with E-state index < -0.39 is 4.92 Å². The highest BCUT2D eigenvalue weighted by atomic mass is 35.5. The quantitative estimate of drug-likeness (QED) is 0.625. The molecule has 0 bridgehead atoms. The van der Waals surface area contributed by atoms with Gasteiger partial charge in [-0.05, 0) is 31.4 Å². The van der Waals surface area contributed by atoms with Crippen LogP contribution in [-0.2, 0) is 0 Å². The maximum atomic E-state index is 12.7. The van der Waals surface area contributed by atoms with Gasteiger partial charge in [-0.3, -0.25) is 14.9 Å². The highest BCUT2D eigenvalue weighted by molar-refractivity contribution is 6.32. The van der Waals surface area contributed by atoms with E-state index in [0.29, 0.717) is 12.1 Å². The summed E-state index contributed by atoms with van der Waals surface area (Å²) in [4.78, 5) is 24.9. The standard InChI is InChI=1S/C15H19ClN2O3/c1-2-12-6-4-3-5-9-17(12)15(19)11-7-8-13(16)14(10-11)18(20)21/h7-8,10,12H,2-6,9H2,1H3. The zero-order valence-corrected chi connectivity index (χ0v) is 12.8. The summed E-state index contributed by atoms with van der Waals surface area (Å²) in [6.45, 7) is 2.79. The van der Waals surface area contributed by atoms with Crippen LogP contribution >= 0.6 is 11.6 Å². The van der Waals surface area contributed by atoms with Crippen molar-refractivity contribution < 1.29 is 9.72 Å². The average molecular weight is 311 g/mol. The molecular formula is C15H19ClN2O3. The number of nitro benzene ring substituents is 1. The molecule has 0 aromatic heterocycles. The maximum absolute atomic E-state index is 12.7. The maximum Gasteiger partial charge on any atom is 0.288 e. The predicted octanol–water partition coefficient (Wildman–Crippen LogP) is 4.04. The lowest BCUT2D eigenvalue weighted by Crippen LogP contribution is -2.39. The van der Waals surface area contributed by atoms with Gasteiger partial charge in [-0.1, -0.05) is 31.4 Å². The topological polar surface area (TPSA) is 63.5 Å². The van der Waals surface area contributed by atoms with Crippen molar-refractivity contribution in [2.45, 2.75) is 45.1 Å². The van der Waals surface area contributed by atoms with Gasteiger partial charge in [0.05, 0.1) is 4.92 Å². The Morgan fingerprint density at radius 1 is 1.43 bits per heavy atom. The summed E-state index contributed by atoms with van der Waals surface area (Å²) in [5.41, 5.74) is 0.122. The van der Waals surface area contributed by atoms with E-state index in [2.05, 4.69) is 6.92 Å². The van der Waals surface area contributed by atoms with Crippen LogP contribution in [0.5, 0.6) is 0 Å². The monoisotopic (exact) mass is 310 g/mol. The molecular weight excluding hydrogens is 292 g/mol. The number of nitrogens with zero attached hydrogens (tertiary/aromatic N) is 2. The van der Waals surface area contributed by atoms with E-state index >= 15 is 0 Å². The molecule has 1 aromatic rings. The number of carbonyl (C=O) groups excluding carboxylic acids is 1. The lowest BCUT2D eigenvalue weighted by molar-refractivity contribution is -0.384. The van der Waals surface area contributed by atoms with Gasteiger partial charge in [0.2, 0.25) is 0 Å². The normalized spacial score (nSPS) is 19.1. The fraction of sp³-hybridized carbons (Fsp3) is 0.533. The van der Waals surface area contributed by atoms with Gasteiger partial charge in [0.1, 0.15) is 5.02 Å². The number of nitro groups is 1. The molecule has 1 amide bonds. The Bertz CT molecular complexity index is 548. The number of hydrogen-bond acceptors (Lipinski definition) is 3. The SMILES string of the molecule is CCC1CCCCCN1C(=O)c1ccc(Cl)c([N+](=O)[O-])c1. The molecule has 1 saturated heterocycles. The first-order valence-corrected chi connectivity index (χ1v) is 7.67. The van der Waals surface area contributed by atoms with Crippen LogP contribution in [0, 0.1) is 10.1 Å². The van der Waals surface area contributed by atoms with Crippen molar-refractivity contribution in [3.63, 3.8) is 0 Å². The molecule has 1 fully saturated rings. The smallest absolute Gasteiger partial charge is 0.288 e. The van der Waals surface area contributed by atoms with Crippen molar-refractivity contribution in [3.05, 3.63) is 38.9 Å². The Balaban J connectivity index is 2.29. The van der Waals surface area contributed by atoms with Gasteiger partial charge < -0.3 is 4.90 Å². The first-order chi connectivity index (χ1) is 10.0. The Labute approximate surface area is 129 Å². The number of carbonyl (C=O) groups is 1. The van der Waals surface area contributed by atoms with E-state index in [1.165, 1.54) is 12.1 Å². The van der Waals surface area contributed by atoms with Crippen molar-refractivity contribution >= 4 is 23.2 Å². The summed E-state index contributed by atoms with van der Waals surface area (Å²) in [7, 11) is 0. The molecule has 1 heterocycles. The van der Waals surface area contributed by atoms with Crippen LogP contribution in [0.3, 0.4) is 0 Å². The van der Waals surface area contributed by atoms with Gasteiger partial charge in [0.25, 0.3) is 11.6 Å². The van der Waals surface area contributed by atoms with Crippen molar-refractivity contribution in [1.82, 2.24) is 4.90 Å². The van der Waals surface area contributed by atoms with Crippen molar-refractivity contribution in [3.8, 4) is 0 Å². The van der Waals surface area contributed by atoms with Gasteiger partial charge >= 0.3 is 0 Å². The van der Waals surface area contributed by atoms with E-state index in [-0.39, 0.29) is 22.7 Å². The van der Waals surface area contributed by atoms with Crippen molar-refractivity contribution in [2.75, 3.05) is 6.54 Å². The molecule has 1 atom stereocenters. The zero-order chi connectivity index (χ0) is 15.4. The fourth-order valence-corrected chi connectivity index (χ4v) is 3.01. The second-order valence-corrected chi connectivity index (χ2v) is 5.74. The summed E-state index contributed by atoms with van der Waals surface area (Å²) in [6.07, 6.45) is 5.14. The number of benzene rings is 1. The summed E-state index contributed by atoms with van der Waals surface area (Å²) in [6, 6.07) is 4.48. The number of halogens is 1. The highest BCUT2D eigenvalue weighted by Crippen LogP contribution is 2.27. The van der Waals surface area contributed by atoms with Crippen molar-refractivity contribution in [2.24, 2.45) is 0 Å². The minimum absolute atomic E-state index is 0.0551. The number of hydrogen-bond donors (Lipinski definition) is 0. The van der Waals surface area contributed by atoms with E-state index in [1.807, 2.05) is 4.90 Å². The van der Waals surface area contributed by atoms with Crippen LogP contribution in [0.2, 0.25) is 5.02 Å². The Morgan fingerprint density at radius 2 is 2.19 bits per heavy atom. The average Bonchev–Trinajstić information content (AvgIpc) is 2.71. The van der Waals surface area contributed by atoms with Crippen molar-refractivity contribution in [1.29, 1.82) is 0 Å². The molecule has 0 N–H and O–H groups in total. The lowest BCUT2D eigenvalue weighted by atomic mass is 10.1. The van der Waals surface area contributed by atoms with E-state index in [0.717, 1.165) is 32.1 Å². The Hall–Kier alpha value is -1.62. The molecule has 6 heteroatoms. The van der Waals surface area contributed by atoms with Crippen LogP contribution in [-0.4, -0.2) is 28.3 Å². The molecule has 1 aromatic carbocycles. The van der Waals surface area contributed by atoms with E-state index in [9.17, 15) is 14.9 Å². The minimum Gasteiger partial charge on any atom is -0.336 e. The molecule has 0 saturated carbocycles. The summed E-state index contributed by atoms with van der Waals surface area (Å²) >= 11 is 5.80. The van der Waals surface area contributed by atoms with Crippen LogP contribution < -0.4 is 0 Å². The molecule has 1 aliphatic heterocycles. The van der Waals surface area contributed by atoms with Crippen LogP contribution in [0.15, 0.2) is 18.2 Å².